The van der Waals surface area contributed by atoms with Gasteiger partial charge in [0.15, 0.2) is 0 Å². The SMILES string of the molecule is CCCO[C@H]1CNC(C(=O)OC)C1. The van der Waals surface area contributed by atoms with E-state index in [1.807, 2.05) is 0 Å². The molecule has 4 heteroatoms. The minimum absolute atomic E-state index is 0.170. The van der Waals surface area contributed by atoms with Gasteiger partial charge in [-0.2, -0.15) is 0 Å². The highest BCUT2D eigenvalue weighted by Crippen LogP contribution is 2.11. The lowest BCUT2D eigenvalue weighted by molar-refractivity contribution is -0.142. The van der Waals surface area contributed by atoms with Gasteiger partial charge in [0.05, 0.1) is 13.2 Å². The molecule has 1 saturated heterocycles. The first kappa shape index (κ1) is 10.5. The van der Waals surface area contributed by atoms with Crippen LogP contribution in [0.2, 0.25) is 0 Å². The first-order chi connectivity index (χ1) is 6.27. The Bertz CT molecular complexity index is 172. The summed E-state index contributed by atoms with van der Waals surface area (Å²) < 4.78 is 10.1. The van der Waals surface area contributed by atoms with Crippen LogP contribution in [0.4, 0.5) is 0 Å². The second kappa shape index (κ2) is 5.19. The van der Waals surface area contributed by atoms with Crippen molar-refractivity contribution in [2.75, 3.05) is 20.3 Å². The fraction of sp³-hybridized carbons (Fsp3) is 0.889. The van der Waals surface area contributed by atoms with Crippen molar-refractivity contribution in [3.8, 4) is 0 Å². The third kappa shape index (κ3) is 2.97. The Kier molecular flexibility index (Phi) is 4.18. The van der Waals surface area contributed by atoms with Crippen LogP contribution in [-0.2, 0) is 14.3 Å². The molecule has 0 aliphatic carbocycles. The van der Waals surface area contributed by atoms with Crippen LogP contribution in [0.5, 0.6) is 0 Å². The van der Waals surface area contributed by atoms with E-state index in [1.54, 1.807) is 0 Å². The standard InChI is InChI=1S/C9H17NO3/c1-3-4-13-7-5-8(10-6-7)9(11)12-2/h7-8,10H,3-6H2,1-2H3/t7-,8?/m1/s1. The molecule has 1 rings (SSSR count). The second-order valence-electron chi connectivity index (χ2n) is 3.21. The van der Waals surface area contributed by atoms with E-state index in [4.69, 9.17) is 4.74 Å². The van der Waals surface area contributed by atoms with Gasteiger partial charge in [0, 0.05) is 19.6 Å². The summed E-state index contributed by atoms with van der Waals surface area (Å²) in [5.41, 5.74) is 0. The van der Waals surface area contributed by atoms with Gasteiger partial charge in [-0.3, -0.25) is 4.79 Å². The molecule has 0 spiro atoms. The molecule has 0 aromatic carbocycles. The van der Waals surface area contributed by atoms with Gasteiger partial charge in [0.2, 0.25) is 0 Å². The van der Waals surface area contributed by atoms with E-state index in [0.717, 1.165) is 26.0 Å². The fourth-order valence-electron chi connectivity index (χ4n) is 1.44. The molecule has 0 bridgehead atoms. The molecule has 0 aromatic rings. The predicted molar refractivity (Wildman–Crippen MR) is 48.5 cm³/mol. The topological polar surface area (TPSA) is 47.6 Å². The van der Waals surface area contributed by atoms with E-state index < -0.39 is 0 Å². The average molecular weight is 187 g/mol. The molecular weight excluding hydrogens is 170 g/mol. The highest BCUT2D eigenvalue weighted by atomic mass is 16.5. The zero-order valence-electron chi connectivity index (χ0n) is 8.21. The molecule has 1 aliphatic heterocycles. The van der Waals surface area contributed by atoms with Crippen LogP contribution in [0.15, 0.2) is 0 Å². The molecule has 4 nitrogen and oxygen atoms in total. The Morgan fingerprint density at radius 3 is 3.00 bits per heavy atom. The van der Waals surface area contributed by atoms with Gasteiger partial charge < -0.3 is 14.8 Å². The summed E-state index contributed by atoms with van der Waals surface area (Å²) in [5, 5.41) is 3.07. The van der Waals surface area contributed by atoms with E-state index in [1.165, 1.54) is 7.11 Å². The lowest BCUT2D eigenvalue weighted by Gasteiger charge is -2.09. The minimum atomic E-state index is -0.192. The molecule has 76 valence electrons. The molecule has 0 aromatic heterocycles. The summed E-state index contributed by atoms with van der Waals surface area (Å²) in [4.78, 5) is 11.1. The van der Waals surface area contributed by atoms with Crippen LogP contribution >= 0.6 is 0 Å². The maximum Gasteiger partial charge on any atom is 0.322 e. The Morgan fingerprint density at radius 2 is 2.38 bits per heavy atom. The molecule has 13 heavy (non-hydrogen) atoms. The van der Waals surface area contributed by atoms with Gasteiger partial charge in [-0.25, -0.2) is 0 Å². The zero-order valence-corrected chi connectivity index (χ0v) is 8.21. The molecule has 1 N–H and O–H groups in total. The van der Waals surface area contributed by atoms with Crippen LogP contribution in [0.25, 0.3) is 0 Å². The molecule has 1 heterocycles. The summed E-state index contributed by atoms with van der Waals surface area (Å²) in [6, 6.07) is -0.174. The fourth-order valence-corrected chi connectivity index (χ4v) is 1.44. The number of hydrogen-bond donors (Lipinski definition) is 1. The lowest BCUT2D eigenvalue weighted by atomic mass is 10.2. The van der Waals surface area contributed by atoms with Crippen LogP contribution in [-0.4, -0.2) is 38.4 Å². The van der Waals surface area contributed by atoms with E-state index in [2.05, 4.69) is 17.0 Å². The van der Waals surface area contributed by atoms with Crippen molar-refractivity contribution in [3.05, 3.63) is 0 Å². The average Bonchev–Trinajstić information content (AvgIpc) is 2.62. The Balaban J connectivity index is 2.23. The third-order valence-corrected chi connectivity index (χ3v) is 2.13. The van der Waals surface area contributed by atoms with Crippen molar-refractivity contribution in [1.82, 2.24) is 5.32 Å². The molecular formula is C9H17NO3. The smallest absolute Gasteiger partial charge is 0.322 e. The quantitative estimate of drug-likeness (QED) is 0.644. The van der Waals surface area contributed by atoms with Gasteiger partial charge >= 0.3 is 5.97 Å². The normalized spacial score (nSPS) is 27.5. The first-order valence-corrected chi connectivity index (χ1v) is 4.70. The first-order valence-electron chi connectivity index (χ1n) is 4.70. The Labute approximate surface area is 78.6 Å². The lowest BCUT2D eigenvalue weighted by Crippen LogP contribution is -2.31. The third-order valence-electron chi connectivity index (χ3n) is 2.13. The van der Waals surface area contributed by atoms with Crippen molar-refractivity contribution in [2.24, 2.45) is 0 Å². The van der Waals surface area contributed by atoms with E-state index in [0.29, 0.717) is 0 Å². The summed E-state index contributed by atoms with van der Waals surface area (Å²) in [7, 11) is 1.41. The number of nitrogens with one attached hydrogen (secondary N) is 1. The van der Waals surface area contributed by atoms with Crippen LogP contribution < -0.4 is 5.32 Å². The number of hydrogen-bond acceptors (Lipinski definition) is 4. The number of carbonyl (C=O) groups is 1. The highest BCUT2D eigenvalue weighted by molar-refractivity contribution is 5.76. The predicted octanol–water partition coefficient (Wildman–Crippen LogP) is 0.316. The molecule has 0 saturated carbocycles. The van der Waals surface area contributed by atoms with Crippen LogP contribution in [0, 0.1) is 0 Å². The maximum atomic E-state index is 11.1. The minimum Gasteiger partial charge on any atom is -0.468 e. The Morgan fingerprint density at radius 1 is 1.62 bits per heavy atom. The number of ether oxygens (including phenoxy) is 2. The van der Waals surface area contributed by atoms with Crippen molar-refractivity contribution in [2.45, 2.75) is 31.9 Å². The molecule has 0 amide bonds. The van der Waals surface area contributed by atoms with Crippen LogP contribution in [0.1, 0.15) is 19.8 Å². The van der Waals surface area contributed by atoms with Crippen molar-refractivity contribution in [3.63, 3.8) is 0 Å². The maximum absolute atomic E-state index is 11.1. The van der Waals surface area contributed by atoms with Gasteiger partial charge in [0.1, 0.15) is 6.04 Å². The number of methoxy groups -OCH3 is 1. The van der Waals surface area contributed by atoms with E-state index in [-0.39, 0.29) is 18.1 Å². The van der Waals surface area contributed by atoms with Crippen molar-refractivity contribution < 1.29 is 14.3 Å². The van der Waals surface area contributed by atoms with Gasteiger partial charge in [0.25, 0.3) is 0 Å². The molecule has 0 radical (unpaired) electrons. The number of carbonyl (C=O) groups excluding carboxylic acids is 1. The number of rotatable bonds is 4. The Hall–Kier alpha value is -0.610. The van der Waals surface area contributed by atoms with Crippen molar-refractivity contribution >= 4 is 5.97 Å². The van der Waals surface area contributed by atoms with Crippen molar-refractivity contribution in [1.29, 1.82) is 0 Å². The second-order valence-corrected chi connectivity index (χ2v) is 3.21. The molecule has 2 atom stereocenters. The zero-order chi connectivity index (χ0) is 9.68. The summed E-state index contributed by atoms with van der Waals surface area (Å²) >= 11 is 0. The van der Waals surface area contributed by atoms with Crippen LogP contribution in [0.3, 0.4) is 0 Å². The summed E-state index contributed by atoms with van der Waals surface area (Å²) in [5.74, 6) is -0.192. The van der Waals surface area contributed by atoms with E-state index in [9.17, 15) is 4.79 Å². The van der Waals surface area contributed by atoms with E-state index >= 15 is 0 Å². The van der Waals surface area contributed by atoms with Gasteiger partial charge in [-0.15, -0.1) is 0 Å². The summed E-state index contributed by atoms with van der Waals surface area (Å²) in [6.07, 6.45) is 1.91. The number of esters is 1. The molecule has 1 fully saturated rings. The van der Waals surface area contributed by atoms with Gasteiger partial charge in [-0.05, 0) is 6.42 Å². The van der Waals surface area contributed by atoms with Gasteiger partial charge in [-0.1, -0.05) is 6.92 Å². The highest BCUT2D eigenvalue weighted by Gasteiger charge is 2.30. The molecule has 1 aliphatic rings. The summed E-state index contributed by atoms with van der Waals surface area (Å²) in [6.45, 7) is 3.58. The largest absolute Gasteiger partial charge is 0.468 e. The molecule has 1 unspecified atom stereocenters. The monoisotopic (exact) mass is 187 g/mol.